The fourth-order valence-electron chi connectivity index (χ4n) is 2.59. The van der Waals surface area contributed by atoms with Crippen molar-refractivity contribution in [2.45, 2.75) is 17.2 Å². The lowest BCUT2D eigenvalue weighted by Crippen LogP contribution is -2.36. The molecule has 7 heteroatoms. The third kappa shape index (κ3) is 5.36. The molecule has 28 heavy (non-hydrogen) atoms. The normalized spacial score (nSPS) is 11.4. The Kier molecular flexibility index (Phi) is 8.07. The maximum atomic E-state index is 12.6. The van der Waals surface area contributed by atoms with Crippen LogP contribution in [0.1, 0.15) is 6.92 Å². The van der Waals surface area contributed by atoms with E-state index >= 15 is 0 Å². The van der Waals surface area contributed by atoms with Crippen LogP contribution in [-0.2, 0) is 4.79 Å². The number of benzene rings is 1. The summed E-state index contributed by atoms with van der Waals surface area (Å²) in [6.45, 7) is 10.2. The minimum absolute atomic E-state index is 0.00978. The summed E-state index contributed by atoms with van der Waals surface area (Å²) in [5, 5.41) is 8.93. The highest BCUT2D eigenvalue weighted by atomic mass is 32.2. The molecule has 0 saturated heterocycles. The summed E-state index contributed by atoms with van der Waals surface area (Å²) in [5.41, 5.74) is 1.58. The minimum atomic E-state index is -0.291. The standard InChI is InChI=1S/C21H25N3O3S/c1-6-12-24(13-7-2)21(25)15(3)28-20-11-9-17(22-23-20)16-8-10-18(26-4)19(14-16)27-5/h6-11,14-15H,1-2,12-13H2,3-5H3. The van der Waals surface area contributed by atoms with Gasteiger partial charge >= 0.3 is 0 Å². The molecule has 1 unspecified atom stereocenters. The summed E-state index contributed by atoms with van der Waals surface area (Å²) in [7, 11) is 3.19. The zero-order valence-electron chi connectivity index (χ0n) is 16.4. The van der Waals surface area contributed by atoms with Gasteiger partial charge in [-0.1, -0.05) is 23.9 Å². The van der Waals surface area contributed by atoms with Gasteiger partial charge < -0.3 is 14.4 Å². The second-order valence-corrected chi connectivity index (χ2v) is 7.27. The molecule has 6 nitrogen and oxygen atoms in total. The van der Waals surface area contributed by atoms with Gasteiger partial charge in [-0.3, -0.25) is 4.79 Å². The summed E-state index contributed by atoms with van der Waals surface area (Å²) in [4.78, 5) is 14.3. The van der Waals surface area contributed by atoms with Gasteiger partial charge in [0.25, 0.3) is 0 Å². The van der Waals surface area contributed by atoms with Crippen LogP contribution in [0.3, 0.4) is 0 Å². The van der Waals surface area contributed by atoms with Crippen molar-refractivity contribution >= 4 is 17.7 Å². The Hall–Kier alpha value is -2.80. The van der Waals surface area contributed by atoms with Crippen molar-refractivity contribution in [3.63, 3.8) is 0 Å². The van der Waals surface area contributed by atoms with Crippen LogP contribution >= 0.6 is 11.8 Å². The van der Waals surface area contributed by atoms with Gasteiger partial charge in [0.1, 0.15) is 5.03 Å². The molecule has 1 amide bonds. The van der Waals surface area contributed by atoms with Gasteiger partial charge in [-0.15, -0.1) is 23.4 Å². The maximum Gasteiger partial charge on any atom is 0.236 e. The number of carbonyl (C=O) groups excluding carboxylic acids is 1. The van der Waals surface area contributed by atoms with Crippen LogP contribution < -0.4 is 9.47 Å². The SMILES string of the molecule is C=CCN(CC=C)C(=O)C(C)Sc1ccc(-c2ccc(OC)c(OC)c2)nn1. The van der Waals surface area contributed by atoms with Crippen LogP contribution in [0.25, 0.3) is 11.3 Å². The molecular formula is C21H25N3O3S. The molecule has 0 bridgehead atoms. The average Bonchev–Trinajstić information content (AvgIpc) is 2.73. The Morgan fingerprint density at radius 1 is 1.11 bits per heavy atom. The van der Waals surface area contributed by atoms with Crippen LogP contribution in [0.15, 0.2) is 60.7 Å². The van der Waals surface area contributed by atoms with Gasteiger partial charge in [-0.25, -0.2) is 0 Å². The molecule has 1 heterocycles. The first-order valence-corrected chi connectivity index (χ1v) is 9.65. The zero-order chi connectivity index (χ0) is 20.5. The number of amides is 1. The Morgan fingerprint density at radius 3 is 2.32 bits per heavy atom. The minimum Gasteiger partial charge on any atom is -0.493 e. The fourth-order valence-corrected chi connectivity index (χ4v) is 3.43. The number of methoxy groups -OCH3 is 2. The van der Waals surface area contributed by atoms with Crippen LogP contribution in [-0.4, -0.2) is 53.6 Å². The number of aromatic nitrogens is 2. The van der Waals surface area contributed by atoms with Crippen LogP contribution in [0.4, 0.5) is 0 Å². The highest BCUT2D eigenvalue weighted by Gasteiger charge is 2.20. The number of rotatable bonds is 10. The lowest BCUT2D eigenvalue weighted by molar-refractivity contribution is -0.129. The van der Waals surface area contributed by atoms with Gasteiger partial charge in [0.15, 0.2) is 11.5 Å². The molecule has 1 aromatic carbocycles. The second kappa shape index (κ2) is 10.5. The van der Waals surface area contributed by atoms with Crippen LogP contribution in [0.5, 0.6) is 11.5 Å². The van der Waals surface area contributed by atoms with Crippen LogP contribution in [0, 0.1) is 0 Å². The monoisotopic (exact) mass is 399 g/mol. The molecule has 0 radical (unpaired) electrons. The van der Waals surface area contributed by atoms with Crippen molar-refractivity contribution in [2.75, 3.05) is 27.3 Å². The van der Waals surface area contributed by atoms with E-state index in [1.54, 1.807) is 31.3 Å². The lowest BCUT2D eigenvalue weighted by Gasteiger charge is -2.22. The van der Waals surface area contributed by atoms with Crippen LogP contribution in [0.2, 0.25) is 0 Å². The summed E-state index contributed by atoms with van der Waals surface area (Å²) in [5.74, 6) is 1.29. The third-order valence-electron chi connectivity index (χ3n) is 3.98. The van der Waals surface area contributed by atoms with E-state index in [9.17, 15) is 4.79 Å². The smallest absolute Gasteiger partial charge is 0.236 e. The summed E-state index contributed by atoms with van der Waals surface area (Å²) in [6, 6.07) is 9.31. The third-order valence-corrected chi connectivity index (χ3v) is 4.99. The van der Waals surface area contributed by atoms with Crippen molar-refractivity contribution in [3.8, 4) is 22.8 Å². The predicted octanol–water partition coefficient (Wildman–Crippen LogP) is 3.84. The topological polar surface area (TPSA) is 64.6 Å². The van der Waals surface area contributed by atoms with E-state index in [0.717, 1.165) is 5.56 Å². The molecule has 2 rings (SSSR count). The quantitative estimate of drug-likeness (QED) is 0.447. The number of thioether (sulfide) groups is 1. The maximum absolute atomic E-state index is 12.6. The molecule has 148 valence electrons. The van der Waals surface area contributed by atoms with Gasteiger partial charge in [-0.2, -0.15) is 0 Å². The summed E-state index contributed by atoms with van der Waals surface area (Å²) < 4.78 is 10.6. The van der Waals surface area contributed by atoms with Gasteiger partial charge in [-0.05, 0) is 37.3 Å². The number of hydrogen-bond donors (Lipinski definition) is 0. The number of hydrogen-bond acceptors (Lipinski definition) is 6. The van der Waals surface area contributed by atoms with Crippen molar-refractivity contribution in [1.82, 2.24) is 15.1 Å². The van der Waals surface area contributed by atoms with Gasteiger partial charge in [0.05, 0.1) is 25.2 Å². The number of nitrogens with zero attached hydrogens (tertiary/aromatic N) is 3. The van der Waals surface area contributed by atoms with E-state index in [1.807, 2.05) is 37.3 Å². The molecule has 0 aliphatic rings. The predicted molar refractivity (Wildman–Crippen MR) is 113 cm³/mol. The number of carbonyl (C=O) groups is 1. The molecule has 0 fully saturated rings. The molecule has 0 aliphatic heterocycles. The van der Waals surface area contributed by atoms with E-state index in [4.69, 9.17) is 9.47 Å². The van der Waals surface area contributed by atoms with E-state index in [2.05, 4.69) is 23.4 Å². The summed E-state index contributed by atoms with van der Waals surface area (Å²) >= 11 is 1.37. The van der Waals surface area contributed by atoms with Gasteiger partial charge in [0, 0.05) is 18.7 Å². The summed E-state index contributed by atoms with van der Waals surface area (Å²) in [6.07, 6.45) is 3.41. The zero-order valence-corrected chi connectivity index (χ0v) is 17.2. The van der Waals surface area contributed by atoms with E-state index in [0.29, 0.717) is 35.3 Å². The molecule has 0 spiro atoms. The fraction of sp³-hybridized carbons (Fsp3) is 0.286. The molecule has 1 aromatic heterocycles. The Bertz CT molecular complexity index is 814. The van der Waals surface area contributed by atoms with Crippen molar-refractivity contribution < 1.29 is 14.3 Å². The molecule has 0 saturated carbocycles. The lowest BCUT2D eigenvalue weighted by atomic mass is 10.1. The molecule has 0 aliphatic carbocycles. The van der Waals surface area contributed by atoms with Crippen molar-refractivity contribution in [2.24, 2.45) is 0 Å². The molecule has 0 N–H and O–H groups in total. The highest BCUT2D eigenvalue weighted by Crippen LogP contribution is 2.32. The first-order chi connectivity index (χ1) is 13.5. The van der Waals surface area contributed by atoms with Gasteiger partial charge in [0.2, 0.25) is 5.91 Å². The Labute approximate surface area is 170 Å². The largest absolute Gasteiger partial charge is 0.493 e. The molecule has 2 aromatic rings. The number of ether oxygens (including phenoxy) is 2. The van der Waals surface area contributed by atoms with Crippen molar-refractivity contribution in [3.05, 3.63) is 55.6 Å². The van der Waals surface area contributed by atoms with E-state index < -0.39 is 0 Å². The molecular weight excluding hydrogens is 374 g/mol. The van der Waals surface area contributed by atoms with E-state index in [1.165, 1.54) is 11.8 Å². The van der Waals surface area contributed by atoms with E-state index in [-0.39, 0.29) is 11.2 Å². The Balaban J connectivity index is 2.11. The highest BCUT2D eigenvalue weighted by molar-refractivity contribution is 8.00. The molecule has 1 atom stereocenters. The second-order valence-electron chi connectivity index (χ2n) is 5.91. The van der Waals surface area contributed by atoms with Crippen molar-refractivity contribution in [1.29, 1.82) is 0 Å². The Morgan fingerprint density at radius 2 is 1.79 bits per heavy atom. The first kappa shape index (κ1) is 21.5. The average molecular weight is 400 g/mol. The first-order valence-electron chi connectivity index (χ1n) is 8.77.